The molecule has 1 heterocycles. The van der Waals surface area contributed by atoms with Crippen LogP contribution in [-0.4, -0.2) is 21.9 Å². The monoisotopic (exact) mass is 369 g/mol. The third-order valence-corrected chi connectivity index (χ3v) is 4.91. The second-order valence-corrected chi connectivity index (χ2v) is 7.18. The Morgan fingerprint density at radius 3 is 2.58 bits per heavy atom. The number of rotatable bonds is 5. The van der Waals surface area contributed by atoms with Crippen LogP contribution in [0, 0.1) is 11.3 Å². The Balaban J connectivity index is 1.93. The average molecular weight is 369 g/mol. The molecule has 3 rings (SSSR count). The van der Waals surface area contributed by atoms with Crippen molar-refractivity contribution in [2.45, 2.75) is 6.54 Å². The highest BCUT2D eigenvalue weighted by molar-refractivity contribution is 7.60. The molecular weight excluding hydrogens is 353 g/mol. The Morgan fingerprint density at radius 2 is 1.96 bits per heavy atom. The normalized spacial score (nSPS) is 11.2. The highest BCUT2D eigenvalue weighted by atomic mass is 31.2. The topological polar surface area (TPSA) is 115 Å². The summed E-state index contributed by atoms with van der Waals surface area (Å²) in [6.45, 7) is 0.381. The smallest absolute Gasteiger partial charge is 0.356 e. The van der Waals surface area contributed by atoms with E-state index < -0.39 is 7.60 Å². The number of pyridine rings is 1. The number of anilines is 1. The molecule has 0 unspecified atom stereocenters. The zero-order chi connectivity index (χ0) is 18.7. The molecule has 0 bridgehead atoms. The van der Waals surface area contributed by atoms with Gasteiger partial charge in [0.1, 0.15) is 17.3 Å². The van der Waals surface area contributed by atoms with E-state index >= 15 is 0 Å². The van der Waals surface area contributed by atoms with E-state index in [1.54, 1.807) is 25.3 Å². The molecule has 2 aromatic carbocycles. The van der Waals surface area contributed by atoms with Crippen molar-refractivity contribution in [2.24, 2.45) is 0 Å². The fourth-order valence-electron chi connectivity index (χ4n) is 2.63. The van der Waals surface area contributed by atoms with Crippen LogP contribution in [-0.2, 0) is 11.1 Å². The number of ether oxygens (including phenoxy) is 1. The van der Waals surface area contributed by atoms with Gasteiger partial charge in [-0.15, -0.1) is 0 Å². The number of hydrogen-bond donors (Lipinski definition) is 3. The largest absolute Gasteiger partial charge is 0.494 e. The first-order chi connectivity index (χ1) is 12.4. The Morgan fingerprint density at radius 1 is 1.23 bits per heavy atom. The lowest BCUT2D eigenvalue weighted by Gasteiger charge is -2.13. The van der Waals surface area contributed by atoms with Gasteiger partial charge in [0.05, 0.1) is 23.7 Å². The number of para-hydroxylation sites is 1. The lowest BCUT2D eigenvalue weighted by Crippen LogP contribution is -2.06. The number of nitrogens with zero attached hydrogens (tertiary/aromatic N) is 2. The lowest BCUT2D eigenvalue weighted by atomic mass is 10.1. The summed E-state index contributed by atoms with van der Waals surface area (Å²) in [5, 5.41) is 13.3. The van der Waals surface area contributed by atoms with Crippen molar-refractivity contribution in [3.8, 4) is 11.8 Å². The molecule has 0 radical (unpaired) electrons. The van der Waals surface area contributed by atoms with Crippen LogP contribution < -0.4 is 15.4 Å². The van der Waals surface area contributed by atoms with E-state index in [-0.39, 0.29) is 5.30 Å². The van der Waals surface area contributed by atoms with Crippen LogP contribution in [0.4, 0.5) is 5.69 Å². The Labute approximate surface area is 150 Å². The zero-order valence-corrected chi connectivity index (χ0v) is 14.8. The lowest BCUT2D eigenvalue weighted by molar-refractivity contribution is 0.387. The summed E-state index contributed by atoms with van der Waals surface area (Å²) >= 11 is 0. The first kappa shape index (κ1) is 17.9. The van der Waals surface area contributed by atoms with Crippen molar-refractivity contribution in [3.05, 3.63) is 59.8 Å². The van der Waals surface area contributed by atoms with Crippen LogP contribution in [0.3, 0.4) is 0 Å². The van der Waals surface area contributed by atoms with Crippen molar-refractivity contribution >= 4 is 29.5 Å². The second-order valence-electron chi connectivity index (χ2n) is 5.58. The fraction of sp³-hybridized carbons (Fsp3) is 0.111. The molecule has 0 aliphatic heterocycles. The standard InChI is InChI=1S/C18H16N3O4P/c1-25-16-4-2-3-15-17(13(9-19)11-21-18(15)16)20-10-12-5-7-14(8-6-12)26(22,23)24/h2-8,11H,10H2,1H3,(H,20,21)(H2,22,23,24). The Kier molecular flexibility index (Phi) is 4.92. The van der Waals surface area contributed by atoms with Gasteiger partial charge < -0.3 is 19.8 Å². The van der Waals surface area contributed by atoms with Crippen LogP contribution in [0.25, 0.3) is 10.9 Å². The highest BCUT2D eigenvalue weighted by Gasteiger charge is 2.16. The van der Waals surface area contributed by atoms with Crippen LogP contribution in [0.2, 0.25) is 0 Å². The minimum Gasteiger partial charge on any atom is -0.494 e. The van der Waals surface area contributed by atoms with Crippen molar-refractivity contribution in [1.29, 1.82) is 5.26 Å². The van der Waals surface area contributed by atoms with Crippen molar-refractivity contribution in [2.75, 3.05) is 12.4 Å². The molecule has 0 saturated carbocycles. The first-order valence-corrected chi connectivity index (χ1v) is 9.30. The summed E-state index contributed by atoms with van der Waals surface area (Å²) in [4.78, 5) is 22.6. The molecule has 0 atom stereocenters. The van der Waals surface area contributed by atoms with E-state index in [1.165, 1.54) is 18.3 Å². The predicted molar refractivity (Wildman–Crippen MR) is 98.5 cm³/mol. The van der Waals surface area contributed by atoms with Crippen molar-refractivity contribution in [3.63, 3.8) is 0 Å². The van der Waals surface area contributed by atoms with Crippen molar-refractivity contribution < 1.29 is 19.1 Å². The number of nitrogens with one attached hydrogen (secondary N) is 1. The predicted octanol–water partition coefficient (Wildman–Crippen LogP) is 2.53. The van der Waals surface area contributed by atoms with E-state index in [4.69, 9.17) is 14.5 Å². The summed E-state index contributed by atoms with van der Waals surface area (Å²) in [6, 6.07) is 13.7. The molecular formula is C18H16N3O4P. The van der Waals surface area contributed by atoms with Gasteiger partial charge in [0.25, 0.3) is 0 Å². The Hall–Kier alpha value is -2.91. The maximum atomic E-state index is 11.2. The SMILES string of the molecule is COc1cccc2c(NCc3ccc(P(=O)(O)O)cc3)c(C#N)cnc12. The van der Waals surface area contributed by atoms with Gasteiger partial charge in [0.15, 0.2) is 0 Å². The number of methoxy groups -OCH3 is 1. The molecule has 26 heavy (non-hydrogen) atoms. The van der Waals surface area contributed by atoms with E-state index in [1.807, 2.05) is 12.1 Å². The molecule has 3 N–H and O–H groups in total. The first-order valence-electron chi connectivity index (χ1n) is 7.69. The van der Waals surface area contributed by atoms with Crippen LogP contribution in [0.5, 0.6) is 5.75 Å². The summed E-state index contributed by atoms with van der Waals surface area (Å²) in [7, 11) is -2.70. The quantitative estimate of drug-likeness (QED) is 0.592. The van der Waals surface area contributed by atoms with Gasteiger partial charge in [-0.05, 0) is 23.8 Å². The van der Waals surface area contributed by atoms with Gasteiger partial charge in [-0.3, -0.25) is 9.55 Å². The molecule has 0 spiro atoms. The van der Waals surface area contributed by atoms with Gasteiger partial charge in [0.2, 0.25) is 0 Å². The third kappa shape index (κ3) is 3.53. The summed E-state index contributed by atoms with van der Waals surface area (Å²) in [5.41, 5.74) is 2.50. The van der Waals surface area contributed by atoms with Gasteiger partial charge in [0, 0.05) is 18.1 Å². The summed E-state index contributed by atoms with van der Waals surface area (Å²) < 4.78 is 16.6. The summed E-state index contributed by atoms with van der Waals surface area (Å²) in [5.74, 6) is 0.612. The van der Waals surface area contributed by atoms with E-state index in [0.29, 0.717) is 29.1 Å². The molecule has 0 fully saturated rings. The average Bonchev–Trinajstić information content (AvgIpc) is 2.65. The fourth-order valence-corrected chi connectivity index (χ4v) is 3.17. The number of hydrogen-bond acceptors (Lipinski definition) is 5. The maximum absolute atomic E-state index is 11.2. The Bertz CT molecular complexity index is 1040. The number of aromatic nitrogens is 1. The van der Waals surface area contributed by atoms with Gasteiger partial charge in [-0.25, -0.2) is 0 Å². The minimum absolute atomic E-state index is 0.0296. The summed E-state index contributed by atoms with van der Waals surface area (Å²) in [6.07, 6.45) is 1.49. The molecule has 132 valence electrons. The zero-order valence-electron chi connectivity index (χ0n) is 13.9. The van der Waals surface area contributed by atoms with Gasteiger partial charge in [-0.1, -0.05) is 24.3 Å². The van der Waals surface area contributed by atoms with Crippen LogP contribution in [0.1, 0.15) is 11.1 Å². The van der Waals surface area contributed by atoms with Crippen LogP contribution in [0.15, 0.2) is 48.7 Å². The molecule has 0 amide bonds. The molecule has 7 nitrogen and oxygen atoms in total. The van der Waals surface area contributed by atoms with Crippen molar-refractivity contribution in [1.82, 2.24) is 4.98 Å². The maximum Gasteiger partial charge on any atom is 0.356 e. The molecule has 0 aliphatic carbocycles. The van der Waals surface area contributed by atoms with E-state index in [2.05, 4.69) is 16.4 Å². The van der Waals surface area contributed by atoms with E-state index in [0.717, 1.165) is 10.9 Å². The number of benzene rings is 2. The minimum atomic E-state index is -4.25. The molecule has 8 heteroatoms. The molecule has 0 aliphatic rings. The number of fused-ring (bicyclic) bond motifs is 1. The molecule has 3 aromatic rings. The van der Waals surface area contributed by atoms with E-state index in [9.17, 15) is 9.83 Å². The van der Waals surface area contributed by atoms with Gasteiger partial charge in [-0.2, -0.15) is 5.26 Å². The third-order valence-electron chi connectivity index (χ3n) is 3.94. The van der Waals surface area contributed by atoms with Gasteiger partial charge >= 0.3 is 7.60 Å². The van der Waals surface area contributed by atoms with Crippen LogP contribution >= 0.6 is 7.60 Å². The second kappa shape index (κ2) is 7.14. The number of nitriles is 1. The highest BCUT2D eigenvalue weighted by Crippen LogP contribution is 2.33. The molecule has 1 aromatic heterocycles. The molecule has 0 saturated heterocycles.